The van der Waals surface area contributed by atoms with E-state index in [-0.39, 0.29) is 10.8 Å². The van der Waals surface area contributed by atoms with Gasteiger partial charge in [0.25, 0.3) is 0 Å². The van der Waals surface area contributed by atoms with Gasteiger partial charge in [-0.25, -0.2) is 18.7 Å². The first kappa shape index (κ1) is 13.2. The van der Waals surface area contributed by atoms with Crippen molar-refractivity contribution in [1.29, 1.82) is 0 Å². The molecule has 1 saturated carbocycles. The molecule has 0 radical (unpaired) electrons. The van der Waals surface area contributed by atoms with Gasteiger partial charge < -0.3 is 5.32 Å². The Bertz CT molecular complexity index is 624. The van der Waals surface area contributed by atoms with Crippen LogP contribution in [0.3, 0.4) is 0 Å². The summed E-state index contributed by atoms with van der Waals surface area (Å²) in [6.07, 6.45) is 3.08. The van der Waals surface area contributed by atoms with Gasteiger partial charge in [-0.1, -0.05) is 17.7 Å². The number of aromatic nitrogens is 2. The molecule has 0 spiro atoms. The van der Waals surface area contributed by atoms with Gasteiger partial charge in [-0.2, -0.15) is 0 Å². The third-order valence-electron chi connectivity index (χ3n) is 3.13. The summed E-state index contributed by atoms with van der Waals surface area (Å²) in [5, 5.41) is 2.89. The van der Waals surface area contributed by atoms with E-state index in [0.717, 1.165) is 6.42 Å². The van der Waals surface area contributed by atoms with Crippen LogP contribution in [-0.4, -0.2) is 9.97 Å². The minimum atomic E-state index is -0.677. The van der Waals surface area contributed by atoms with E-state index in [9.17, 15) is 8.78 Å². The lowest BCUT2D eigenvalue weighted by Crippen LogP contribution is -2.04. The van der Waals surface area contributed by atoms with Crippen molar-refractivity contribution >= 4 is 23.1 Å². The molecule has 1 aliphatic carbocycles. The number of nitrogens with one attached hydrogen (secondary N) is 1. The lowest BCUT2D eigenvalue weighted by Gasteiger charge is -2.09. The van der Waals surface area contributed by atoms with Crippen LogP contribution in [0.5, 0.6) is 0 Å². The topological polar surface area (TPSA) is 37.8 Å². The zero-order chi connectivity index (χ0) is 14.1. The van der Waals surface area contributed by atoms with Gasteiger partial charge in [-0.05, 0) is 30.9 Å². The lowest BCUT2D eigenvalue weighted by atomic mass is 10.2. The summed E-state index contributed by atoms with van der Waals surface area (Å²) in [6, 6.07) is 5.11. The van der Waals surface area contributed by atoms with Crippen LogP contribution in [-0.2, 0) is 6.42 Å². The molecular formula is C14H12ClF2N3. The van der Waals surface area contributed by atoms with E-state index >= 15 is 0 Å². The third kappa shape index (κ3) is 3.04. The first-order valence-corrected chi connectivity index (χ1v) is 6.74. The molecule has 1 heterocycles. The van der Waals surface area contributed by atoms with Gasteiger partial charge in [0.15, 0.2) is 0 Å². The number of rotatable bonds is 4. The molecular weight excluding hydrogens is 284 g/mol. The number of nitrogens with zero attached hydrogens (tertiary/aromatic N) is 2. The Labute approximate surface area is 120 Å². The van der Waals surface area contributed by atoms with E-state index in [1.165, 1.54) is 37.1 Å². The summed E-state index contributed by atoms with van der Waals surface area (Å²) in [5.74, 6) is 0.141. The molecule has 1 aliphatic rings. The average molecular weight is 296 g/mol. The number of para-hydroxylation sites is 1. The zero-order valence-electron chi connectivity index (χ0n) is 10.5. The fourth-order valence-corrected chi connectivity index (χ4v) is 2.15. The second-order valence-electron chi connectivity index (χ2n) is 4.86. The Balaban J connectivity index is 1.87. The standard InChI is InChI=1S/C14H12ClF2N3/c15-11-7-13(19-12(18-11)6-8-4-5-8)20-14-9(16)2-1-3-10(14)17/h1-3,7-8H,4-6H2,(H,18,19,20). The Morgan fingerprint density at radius 2 is 1.90 bits per heavy atom. The summed E-state index contributed by atoms with van der Waals surface area (Å²) in [6.45, 7) is 0. The molecule has 104 valence electrons. The van der Waals surface area contributed by atoms with Crippen molar-refractivity contribution in [2.24, 2.45) is 5.92 Å². The molecule has 1 aromatic heterocycles. The summed E-state index contributed by atoms with van der Waals surface area (Å²) >= 11 is 5.92. The second-order valence-corrected chi connectivity index (χ2v) is 5.25. The summed E-state index contributed by atoms with van der Waals surface area (Å²) in [5.41, 5.74) is -0.236. The molecule has 0 atom stereocenters. The van der Waals surface area contributed by atoms with Crippen molar-refractivity contribution in [3.8, 4) is 0 Å². The first-order chi connectivity index (χ1) is 9.61. The lowest BCUT2D eigenvalue weighted by molar-refractivity contribution is 0.590. The fourth-order valence-electron chi connectivity index (χ4n) is 1.95. The Morgan fingerprint density at radius 3 is 2.55 bits per heavy atom. The van der Waals surface area contributed by atoms with Gasteiger partial charge in [0.1, 0.15) is 34.1 Å². The highest BCUT2D eigenvalue weighted by Gasteiger charge is 2.23. The largest absolute Gasteiger partial charge is 0.335 e. The molecule has 6 heteroatoms. The van der Waals surface area contributed by atoms with Gasteiger partial charge in [0.2, 0.25) is 0 Å². The van der Waals surface area contributed by atoms with Crippen LogP contribution >= 0.6 is 11.6 Å². The van der Waals surface area contributed by atoms with Crippen LogP contribution in [0.25, 0.3) is 0 Å². The minimum Gasteiger partial charge on any atom is -0.335 e. The van der Waals surface area contributed by atoms with E-state index in [1.54, 1.807) is 0 Å². The molecule has 1 fully saturated rings. The minimum absolute atomic E-state index is 0.236. The molecule has 0 unspecified atom stereocenters. The molecule has 3 nitrogen and oxygen atoms in total. The van der Waals surface area contributed by atoms with Crippen molar-refractivity contribution < 1.29 is 8.78 Å². The Morgan fingerprint density at radius 1 is 1.20 bits per heavy atom. The molecule has 0 bridgehead atoms. The van der Waals surface area contributed by atoms with Crippen molar-refractivity contribution in [3.05, 3.63) is 46.9 Å². The summed E-state index contributed by atoms with van der Waals surface area (Å²) in [7, 11) is 0. The number of hydrogen-bond donors (Lipinski definition) is 1. The molecule has 1 aromatic carbocycles. The quantitative estimate of drug-likeness (QED) is 0.863. The third-order valence-corrected chi connectivity index (χ3v) is 3.32. The highest BCUT2D eigenvalue weighted by molar-refractivity contribution is 6.29. The molecule has 0 aliphatic heterocycles. The number of halogens is 3. The maximum atomic E-state index is 13.6. The van der Waals surface area contributed by atoms with Crippen molar-refractivity contribution in [1.82, 2.24) is 9.97 Å². The molecule has 0 saturated heterocycles. The van der Waals surface area contributed by atoms with Crippen LogP contribution in [0.1, 0.15) is 18.7 Å². The molecule has 3 rings (SSSR count). The van der Waals surface area contributed by atoms with Gasteiger partial charge in [-0.15, -0.1) is 0 Å². The first-order valence-electron chi connectivity index (χ1n) is 6.36. The predicted molar refractivity (Wildman–Crippen MR) is 73.1 cm³/mol. The van der Waals surface area contributed by atoms with E-state index in [4.69, 9.17) is 11.6 Å². The van der Waals surface area contributed by atoms with Crippen LogP contribution in [0.15, 0.2) is 24.3 Å². The van der Waals surface area contributed by atoms with Crippen molar-refractivity contribution in [2.45, 2.75) is 19.3 Å². The maximum Gasteiger partial charge on any atom is 0.149 e. The predicted octanol–water partition coefficient (Wildman–Crippen LogP) is 4.10. The van der Waals surface area contributed by atoms with Gasteiger partial charge in [0, 0.05) is 12.5 Å². The van der Waals surface area contributed by atoms with Crippen LogP contribution < -0.4 is 5.32 Å². The fraction of sp³-hybridized carbons (Fsp3) is 0.286. The van der Waals surface area contributed by atoms with Crippen LogP contribution in [0.2, 0.25) is 5.15 Å². The van der Waals surface area contributed by atoms with Crippen molar-refractivity contribution in [3.63, 3.8) is 0 Å². The molecule has 0 amide bonds. The summed E-state index contributed by atoms with van der Waals surface area (Å²) < 4.78 is 27.2. The zero-order valence-corrected chi connectivity index (χ0v) is 11.3. The SMILES string of the molecule is Fc1cccc(F)c1Nc1cc(Cl)nc(CC2CC2)n1. The normalized spacial score (nSPS) is 14.3. The molecule has 20 heavy (non-hydrogen) atoms. The average Bonchev–Trinajstić information content (AvgIpc) is 3.17. The molecule has 1 N–H and O–H groups in total. The Kier molecular flexibility index (Phi) is 3.53. The van der Waals surface area contributed by atoms with E-state index < -0.39 is 11.6 Å². The van der Waals surface area contributed by atoms with Gasteiger partial charge >= 0.3 is 0 Å². The van der Waals surface area contributed by atoms with Crippen LogP contribution in [0.4, 0.5) is 20.3 Å². The number of benzene rings is 1. The Hall–Kier alpha value is -1.75. The van der Waals surface area contributed by atoms with Crippen molar-refractivity contribution in [2.75, 3.05) is 5.32 Å². The second kappa shape index (κ2) is 5.32. The number of hydrogen-bond acceptors (Lipinski definition) is 3. The van der Waals surface area contributed by atoms with Crippen LogP contribution in [0, 0.1) is 17.6 Å². The smallest absolute Gasteiger partial charge is 0.149 e. The summed E-state index contributed by atoms with van der Waals surface area (Å²) in [4.78, 5) is 8.38. The van der Waals surface area contributed by atoms with Gasteiger partial charge in [0.05, 0.1) is 0 Å². The monoisotopic (exact) mass is 295 g/mol. The number of anilines is 2. The maximum absolute atomic E-state index is 13.6. The highest BCUT2D eigenvalue weighted by atomic mass is 35.5. The molecule has 2 aromatic rings. The van der Waals surface area contributed by atoms with E-state index in [0.29, 0.717) is 17.6 Å². The highest BCUT2D eigenvalue weighted by Crippen LogP contribution is 2.32. The van der Waals surface area contributed by atoms with Gasteiger partial charge in [-0.3, -0.25) is 0 Å². The van der Waals surface area contributed by atoms with E-state index in [1.807, 2.05) is 0 Å². The van der Waals surface area contributed by atoms with E-state index in [2.05, 4.69) is 15.3 Å².